The van der Waals surface area contributed by atoms with Crippen LogP contribution >= 0.6 is 0 Å². The third kappa shape index (κ3) is 6.12. The van der Waals surface area contributed by atoms with Crippen LogP contribution in [-0.2, 0) is 24.3 Å². The zero-order chi connectivity index (χ0) is 27.4. The number of aromatic nitrogens is 2. The predicted octanol–water partition coefficient (Wildman–Crippen LogP) is 4.13. The molecule has 3 N–H and O–H groups in total. The molecule has 196 valence electrons. The van der Waals surface area contributed by atoms with Gasteiger partial charge in [0.25, 0.3) is 5.91 Å². The van der Waals surface area contributed by atoms with Gasteiger partial charge in [-0.15, -0.1) is 0 Å². The number of hydrogen-bond acceptors (Lipinski definition) is 7. The molecule has 0 saturated heterocycles. The van der Waals surface area contributed by atoms with Crippen LogP contribution in [0.4, 0.5) is 5.69 Å². The first-order valence-electron chi connectivity index (χ1n) is 11.7. The van der Waals surface area contributed by atoms with Crippen molar-refractivity contribution < 1.29 is 27.2 Å². The number of carbonyl (C=O) groups excluding carboxylic acids is 2. The SMILES string of the molecule is NS(=O)(=O)c1ccc(NC(=O)COC(=O)C=Cc2cn(-c3ccccc3)nc2-c2cc3ccccc3o2)cc1. The van der Waals surface area contributed by atoms with Gasteiger partial charge in [0.2, 0.25) is 10.0 Å². The van der Waals surface area contributed by atoms with Gasteiger partial charge in [0, 0.05) is 28.9 Å². The summed E-state index contributed by atoms with van der Waals surface area (Å²) in [6.45, 7) is -0.542. The predicted molar refractivity (Wildman–Crippen MR) is 145 cm³/mol. The number of nitrogens with zero attached hydrogens (tertiary/aromatic N) is 2. The van der Waals surface area contributed by atoms with Crippen molar-refractivity contribution in [2.24, 2.45) is 5.14 Å². The highest BCUT2D eigenvalue weighted by atomic mass is 32.2. The van der Waals surface area contributed by atoms with E-state index in [0.29, 0.717) is 28.3 Å². The Kier molecular flexibility index (Phi) is 7.08. The summed E-state index contributed by atoms with van der Waals surface area (Å²) < 4.78 is 35.4. The van der Waals surface area contributed by atoms with Crippen LogP contribution in [0.15, 0.2) is 107 Å². The van der Waals surface area contributed by atoms with Gasteiger partial charge in [-0.2, -0.15) is 5.10 Å². The van der Waals surface area contributed by atoms with Crippen LogP contribution in [0.2, 0.25) is 0 Å². The Morgan fingerprint density at radius 2 is 1.72 bits per heavy atom. The minimum absolute atomic E-state index is 0.0883. The van der Waals surface area contributed by atoms with E-state index in [9.17, 15) is 18.0 Å². The first kappa shape index (κ1) is 25.6. The number of anilines is 1. The topological polar surface area (TPSA) is 147 Å². The fourth-order valence-corrected chi connectivity index (χ4v) is 4.30. The molecule has 0 saturated carbocycles. The summed E-state index contributed by atoms with van der Waals surface area (Å²) >= 11 is 0. The number of rotatable bonds is 8. The van der Waals surface area contributed by atoms with E-state index in [1.807, 2.05) is 60.7 Å². The maximum absolute atomic E-state index is 12.4. The van der Waals surface area contributed by atoms with Crippen LogP contribution in [0, 0.1) is 0 Å². The number of fused-ring (bicyclic) bond motifs is 1. The number of ether oxygens (including phenoxy) is 1. The number of nitrogens with two attached hydrogens (primary N) is 1. The molecule has 10 nitrogen and oxygen atoms in total. The smallest absolute Gasteiger partial charge is 0.331 e. The summed E-state index contributed by atoms with van der Waals surface area (Å²) in [4.78, 5) is 24.5. The lowest BCUT2D eigenvalue weighted by Gasteiger charge is -2.06. The van der Waals surface area contributed by atoms with Crippen molar-refractivity contribution in [2.45, 2.75) is 4.90 Å². The van der Waals surface area contributed by atoms with Crippen LogP contribution in [0.5, 0.6) is 0 Å². The Balaban J connectivity index is 1.29. The van der Waals surface area contributed by atoms with Gasteiger partial charge in [0.05, 0.1) is 10.6 Å². The zero-order valence-electron chi connectivity index (χ0n) is 20.4. The van der Waals surface area contributed by atoms with Crippen molar-refractivity contribution in [3.05, 3.63) is 103 Å². The van der Waals surface area contributed by atoms with Gasteiger partial charge in [-0.3, -0.25) is 4.79 Å². The van der Waals surface area contributed by atoms with E-state index < -0.39 is 28.5 Å². The Bertz CT molecular complexity index is 1760. The first-order chi connectivity index (χ1) is 18.8. The highest BCUT2D eigenvalue weighted by Crippen LogP contribution is 2.30. The summed E-state index contributed by atoms with van der Waals surface area (Å²) in [6, 6.07) is 24.2. The largest absolute Gasteiger partial charge is 0.454 e. The number of furan rings is 1. The summed E-state index contributed by atoms with van der Waals surface area (Å²) in [5, 5.41) is 13.2. The van der Waals surface area contributed by atoms with Gasteiger partial charge < -0.3 is 14.5 Å². The first-order valence-corrected chi connectivity index (χ1v) is 13.2. The Labute approximate surface area is 223 Å². The lowest BCUT2D eigenvalue weighted by Crippen LogP contribution is -2.20. The maximum atomic E-state index is 12.4. The highest BCUT2D eigenvalue weighted by Gasteiger charge is 2.16. The van der Waals surface area contributed by atoms with Crippen molar-refractivity contribution in [3.63, 3.8) is 0 Å². The zero-order valence-corrected chi connectivity index (χ0v) is 21.2. The molecule has 0 bridgehead atoms. The Morgan fingerprint density at radius 1 is 1.00 bits per heavy atom. The molecule has 3 aromatic carbocycles. The van der Waals surface area contributed by atoms with E-state index in [2.05, 4.69) is 10.4 Å². The molecule has 0 aliphatic heterocycles. The lowest BCUT2D eigenvalue weighted by atomic mass is 10.2. The van der Waals surface area contributed by atoms with Gasteiger partial charge >= 0.3 is 5.97 Å². The summed E-state index contributed by atoms with van der Waals surface area (Å²) in [6.07, 6.45) is 4.51. The second-order valence-corrected chi connectivity index (χ2v) is 9.98. The van der Waals surface area contributed by atoms with Crippen LogP contribution in [0.25, 0.3) is 34.2 Å². The average Bonchev–Trinajstić information content (AvgIpc) is 3.55. The average molecular weight is 543 g/mol. The number of amides is 1. The fourth-order valence-electron chi connectivity index (χ4n) is 3.78. The molecule has 1 amide bonds. The molecule has 2 aromatic heterocycles. The number of esters is 1. The fraction of sp³-hybridized carbons (Fsp3) is 0.0357. The van der Waals surface area contributed by atoms with Crippen molar-refractivity contribution in [3.8, 4) is 17.1 Å². The molecular weight excluding hydrogens is 520 g/mol. The minimum atomic E-state index is -3.84. The molecule has 11 heteroatoms. The molecular formula is C28H22N4O6S. The van der Waals surface area contributed by atoms with Crippen molar-refractivity contribution in [2.75, 3.05) is 11.9 Å². The molecule has 5 aromatic rings. The molecule has 0 fully saturated rings. The molecule has 0 unspecified atom stereocenters. The number of para-hydroxylation sites is 2. The molecule has 0 atom stereocenters. The van der Waals surface area contributed by atoms with Crippen molar-refractivity contribution in [1.29, 1.82) is 0 Å². The monoisotopic (exact) mass is 542 g/mol. The third-order valence-corrected chi connectivity index (χ3v) is 6.56. The van der Waals surface area contributed by atoms with Crippen LogP contribution < -0.4 is 10.5 Å². The van der Waals surface area contributed by atoms with E-state index in [0.717, 1.165) is 11.1 Å². The van der Waals surface area contributed by atoms with Crippen LogP contribution in [-0.4, -0.2) is 36.7 Å². The highest BCUT2D eigenvalue weighted by molar-refractivity contribution is 7.89. The lowest BCUT2D eigenvalue weighted by molar-refractivity contribution is -0.142. The minimum Gasteiger partial charge on any atom is -0.454 e. The number of benzene rings is 3. The van der Waals surface area contributed by atoms with Gasteiger partial charge in [-0.05, 0) is 54.6 Å². The molecule has 39 heavy (non-hydrogen) atoms. The van der Waals surface area contributed by atoms with E-state index >= 15 is 0 Å². The molecule has 0 aliphatic carbocycles. The standard InChI is InChI=1S/C28H22N4O6S/c29-39(35,36)23-13-11-21(12-14-23)30-26(33)18-37-27(34)15-10-20-17-32(22-7-2-1-3-8-22)31-28(20)25-16-19-6-4-5-9-24(19)38-25/h1-17H,18H2,(H,30,33)(H2,29,35,36). The molecule has 0 aliphatic rings. The van der Waals surface area contributed by atoms with E-state index in [4.69, 9.17) is 14.3 Å². The number of hydrogen-bond donors (Lipinski definition) is 2. The maximum Gasteiger partial charge on any atom is 0.331 e. The number of sulfonamides is 1. The second kappa shape index (κ2) is 10.8. The van der Waals surface area contributed by atoms with Crippen molar-refractivity contribution >= 4 is 44.6 Å². The third-order valence-electron chi connectivity index (χ3n) is 5.63. The number of carbonyl (C=O) groups is 2. The van der Waals surface area contributed by atoms with Crippen LogP contribution in [0.1, 0.15) is 5.56 Å². The normalized spacial score (nSPS) is 11.6. The molecule has 0 radical (unpaired) electrons. The Hall–Kier alpha value is -5.00. The van der Waals surface area contributed by atoms with E-state index in [-0.39, 0.29) is 4.90 Å². The molecule has 0 spiro atoms. The van der Waals surface area contributed by atoms with Gasteiger partial charge in [0.15, 0.2) is 12.4 Å². The molecule has 2 heterocycles. The molecule has 5 rings (SSSR count). The van der Waals surface area contributed by atoms with E-state index in [1.165, 1.54) is 30.3 Å². The Morgan fingerprint density at radius 3 is 2.44 bits per heavy atom. The summed E-state index contributed by atoms with van der Waals surface area (Å²) in [5.74, 6) is -0.801. The van der Waals surface area contributed by atoms with E-state index in [1.54, 1.807) is 17.0 Å². The second-order valence-electron chi connectivity index (χ2n) is 8.42. The quantitative estimate of drug-likeness (QED) is 0.221. The number of primary sulfonamides is 1. The van der Waals surface area contributed by atoms with Gasteiger partial charge in [0.1, 0.15) is 11.3 Å². The summed E-state index contributed by atoms with van der Waals surface area (Å²) in [5.41, 5.74) is 2.99. The van der Waals surface area contributed by atoms with Gasteiger partial charge in [-0.25, -0.2) is 23.0 Å². The van der Waals surface area contributed by atoms with Gasteiger partial charge in [-0.1, -0.05) is 36.4 Å². The van der Waals surface area contributed by atoms with Crippen molar-refractivity contribution in [1.82, 2.24) is 9.78 Å². The number of nitrogens with one attached hydrogen (secondary N) is 1. The summed E-state index contributed by atoms with van der Waals surface area (Å²) in [7, 11) is -3.84. The van der Waals surface area contributed by atoms with Crippen LogP contribution in [0.3, 0.4) is 0 Å².